The van der Waals surface area contributed by atoms with Crippen molar-refractivity contribution in [2.24, 2.45) is 0 Å². The highest BCUT2D eigenvalue weighted by Gasteiger charge is 2.46. The third-order valence-corrected chi connectivity index (χ3v) is 6.25. The molecule has 0 atom stereocenters. The van der Waals surface area contributed by atoms with Gasteiger partial charge in [0, 0.05) is 0 Å². The van der Waals surface area contributed by atoms with E-state index in [4.69, 9.17) is 0 Å². The number of hydrogen-bond acceptors (Lipinski definition) is 0. The topological polar surface area (TPSA) is 0 Å². The Kier molecular flexibility index (Phi) is 3.48. The van der Waals surface area contributed by atoms with E-state index < -0.39 is 0 Å². The average Bonchev–Trinajstić information content (AvgIpc) is 3.12. The zero-order valence-corrected chi connectivity index (χ0v) is 16.0. The molecule has 29 heavy (non-hydrogen) atoms. The van der Waals surface area contributed by atoms with Crippen LogP contribution in [0.4, 0.5) is 0 Å². The summed E-state index contributed by atoms with van der Waals surface area (Å²) in [6.45, 7) is 0. The first-order chi connectivity index (χ1) is 14.4. The Balaban J connectivity index is 1.88. The molecule has 0 amide bonds. The number of hydrogen-bond donors (Lipinski definition) is 0. The van der Waals surface area contributed by atoms with Gasteiger partial charge in [-0.1, -0.05) is 115 Å². The van der Waals surface area contributed by atoms with Gasteiger partial charge in [-0.3, -0.25) is 0 Å². The van der Waals surface area contributed by atoms with E-state index in [-0.39, 0.29) is 5.41 Å². The van der Waals surface area contributed by atoms with E-state index in [0.717, 1.165) is 0 Å². The Morgan fingerprint density at radius 3 is 1.90 bits per heavy atom. The third kappa shape index (κ3) is 2.14. The standard InChI is InChI=1S/C29H19/c1-3-12-22(13-4-1)29(23-14-5-2-6-15-23)27-18-10-9-17-25(27)26-20-19-21-11-7-8-16-24(21)28(26)29/h1-15,17-20H. The molecule has 0 N–H and O–H groups in total. The normalized spacial score (nSPS) is 13.8. The molecule has 0 aliphatic heterocycles. The summed E-state index contributed by atoms with van der Waals surface area (Å²) >= 11 is 0. The summed E-state index contributed by atoms with van der Waals surface area (Å²) in [7, 11) is 0. The van der Waals surface area contributed by atoms with Crippen molar-refractivity contribution in [1.82, 2.24) is 0 Å². The maximum absolute atomic E-state index is 3.58. The van der Waals surface area contributed by atoms with Gasteiger partial charge in [-0.05, 0) is 50.2 Å². The van der Waals surface area contributed by atoms with Gasteiger partial charge in [-0.25, -0.2) is 0 Å². The van der Waals surface area contributed by atoms with Crippen LogP contribution < -0.4 is 0 Å². The number of fused-ring (bicyclic) bond motifs is 5. The molecular formula is C29H19. The van der Waals surface area contributed by atoms with E-state index in [0.29, 0.717) is 0 Å². The van der Waals surface area contributed by atoms with Crippen molar-refractivity contribution in [2.75, 3.05) is 0 Å². The predicted octanol–water partition coefficient (Wildman–Crippen LogP) is 7.00. The van der Waals surface area contributed by atoms with Crippen molar-refractivity contribution in [3.8, 4) is 11.1 Å². The summed E-state index contributed by atoms with van der Waals surface area (Å²) in [5.41, 5.74) is 7.54. The van der Waals surface area contributed by atoms with Gasteiger partial charge < -0.3 is 0 Å². The van der Waals surface area contributed by atoms with Gasteiger partial charge >= 0.3 is 0 Å². The molecule has 1 aliphatic carbocycles. The summed E-state index contributed by atoms with van der Waals surface area (Å²) in [6, 6.07) is 45.1. The van der Waals surface area contributed by atoms with Gasteiger partial charge in [0.25, 0.3) is 0 Å². The van der Waals surface area contributed by atoms with E-state index in [2.05, 4.69) is 115 Å². The predicted molar refractivity (Wildman–Crippen MR) is 120 cm³/mol. The number of benzene rings is 5. The highest BCUT2D eigenvalue weighted by Crippen LogP contribution is 2.57. The summed E-state index contributed by atoms with van der Waals surface area (Å²) in [5, 5.41) is 2.43. The van der Waals surface area contributed by atoms with Crippen molar-refractivity contribution in [1.29, 1.82) is 0 Å². The van der Waals surface area contributed by atoms with Crippen molar-refractivity contribution in [2.45, 2.75) is 5.41 Å². The average molecular weight is 367 g/mol. The molecular weight excluding hydrogens is 348 g/mol. The molecule has 0 unspecified atom stereocenters. The SMILES string of the molecule is [c]1cccc2ccc3c(c12)C(c1ccccc1)(c1ccccc1)c1ccccc1-3. The Hall–Kier alpha value is -3.64. The molecule has 0 heterocycles. The summed E-state index contributed by atoms with van der Waals surface area (Å²) in [4.78, 5) is 0. The Labute approximate surface area is 171 Å². The molecule has 5 aromatic rings. The minimum absolute atomic E-state index is 0.355. The molecule has 0 nitrogen and oxygen atoms in total. The lowest BCUT2D eigenvalue weighted by atomic mass is 9.67. The fourth-order valence-corrected chi connectivity index (χ4v) is 5.13. The molecule has 6 rings (SSSR count). The van der Waals surface area contributed by atoms with Crippen LogP contribution in [-0.2, 0) is 5.41 Å². The zero-order chi connectivity index (χ0) is 19.3. The summed E-state index contributed by atoms with van der Waals surface area (Å²) in [6.07, 6.45) is 0. The molecule has 5 aromatic carbocycles. The molecule has 1 aliphatic rings. The van der Waals surface area contributed by atoms with Crippen LogP contribution in [0.25, 0.3) is 21.9 Å². The maximum Gasteiger partial charge on any atom is 0.0719 e. The van der Waals surface area contributed by atoms with Crippen LogP contribution in [0, 0.1) is 6.07 Å². The zero-order valence-electron chi connectivity index (χ0n) is 16.0. The van der Waals surface area contributed by atoms with Crippen LogP contribution in [0.5, 0.6) is 0 Å². The highest BCUT2D eigenvalue weighted by molar-refractivity contribution is 5.99. The van der Waals surface area contributed by atoms with Crippen LogP contribution in [-0.4, -0.2) is 0 Å². The molecule has 0 heteroatoms. The smallest absolute Gasteiger partial charge is 0.0622 e. The highest BCUT2D eigenvalue weighted by atomic mass is 14.5. The van der Waals surface area contributed by atoms with Gasteiger partial charge in [0.2, 0.25) is 0 Å². The maximum atomic E-state index is 3.58. The molecule has 135 valence electrons. The quantitative estimate of drug-likeness (QED) is 0.309. The van der Waals surface area contributed by atoms with Gasteiger partial charge in [0.1, 0.15) is 0 Å². The Morgan fingerprint density at radius 2 is 1.17 bits per heavy atom. The largest absolute Gasteiger partial charge is 0.0719 e. The first-order valence-corrected chi connectivity index (χ1v) is 10.1. The van der Waals surface area contributed by atoms with Crippen LogP contribution in [0.15, 0.2) is 115 Å². The Bertz CT molecular complexity index is 1290. The molecule has 0 saturated heterocycles. The van der Waals surface area contributed by atoms with Crippen molar-refractivity contribution < 1.29 is 0 Å². The van der Waals surface area contributed by atoms with Crippen LogP contribution in [0.1, 0.15) is 22.3 Å². The van der Waals surface area contributed by atoms with E-state index in [1.165, 1.54) is 44.2 Å². The van der Waals surface area contributed by atoms with Gasteiger partial charge in [-0.2, -0.15) is 0 Å². The fraction of sp³-hybridized carbons (Fsp3) is 0.0345. The van der Waals surface area contributed by atoms with Crippen LogP contribution >= 0.6 is 0 Å². The van der Waals surface area contributed by atoms with Gasteiger partial charge in [-0.15, -0.1) is 0 Å². The van der Waals surface area contributed by atoms with Gasteiger partial charge in [0.15, 0.2) is 0 Å². The van der Waals surface area contributed by atoms with Crippen LogP contribution in [0.3, 0.4) is 0 Å². The first-order valence-electron chi connectivity index (χ1n) is 10.1. The van der Waals surface area contributed by atoms with E-state index >= 15 is 0 Å². The van der Waals surface area contributed by atoms with Crippen molar-refractivity contribution >= 4 is 10.8 Å². The van der Waals surface area contributed by atoms with Gasteiger partial charge in [0.05, 0.1) is 5.41 Å². The summed E-state index contributed by atoms with van der Waals surface area (Å²) in [5.74, 6) is 0. The van der Waals surface area contributed by atoms with E-state index in [1.54, 1.807) is 0 Å². The molecule has 0 spiro atoms. The molecule has 0 saturated carbocycles. The fourth-order valence-electron chi connectivity index (χ4n) is 5.13. The van der Waals surface area contributed by atoms with Crippen molar-refractivity contribution in [3.05, 3.63) is 144 Å². The van der Waals surface area contributed by atoms with E-state index in [9.17, 15) is 0 Å². The lowest BCUT2D eigenvalue weighted by Gasteiger charge is -2.34. The lowest BCUT2D eigenvalue weighted by Crippen LogP contribution is -2.28. The molecule has 0 bridgehead atoms. The Morgan fingerprint density at radius 1 is 0.517 bits per heavy atom. The summed E-state index contributed by atoms with van der Waals surface area (Å²) < 4.78 is 0. The second kappa shape index (κ2) is 6.18. The third-order valence-electron chi connectivity index (χ3n) is 6.25. The number of rotatable bonds is 2. The lowest BCUT2D eigenvalue weighted by molar-refractivity contribution is 0.775. The molecule has 1 radical (unpaired) electrons. The monoisotopic (exact) mass is 367 g/mol. The van der Waals surface area contributed by atoms with Crippen LogP contribution in [0.2, 0.25) is 0 Å². The second-order valence-corrected chi connectivity index (χ2v) is 7.65. The van der Waals surface area contributed by atoms with E-state index in [1.807, 2.05) is 6.07 Å². The van der Waals surface area contributed by atoms with Crippen molar-refractivity contribution in [3.63, 3.8) is 0 Å². The second-order valence-electron chi connectivity index (χ2n) is 7.65. The molecule has 0 fully saturated rings. The minimum atomic E-state index is -0.355. The molecule has 0 aromatic heterocycles. The minimum Gasteiger partial charge on any atom is -0.0622 e. The first kappa shape index (κ1) is 16.3.